The molecule has 1 aromatic rings. The van der Waals surface area contributed by atoms with Gasteiger partial charge in [-0.1, -0.05) is 4.49 Å². The largest absolute Gasteiger partial charge is 0.312 e. The highest BCUT2D eigenvalue weighted by Gasteiger charge is 2.08. The van der Waals surface area contributed by atoms with Crippen LogP contribution in [-0.2, 0) is 0 Å². The minimum Gasteiger partial charge on any atom is -0.312 e. The third kappa shape index (κ3) is 1.33. The molecule has 1 unspecified atom stereocenters. The van der Waals surface area contributed by atoms with Crippen molar-refractivity contribution in [2.24, 2.45) is 0 Å². The van der Waals surface area contributed by atoms with Crippen LogP contribution in [0.3, 0.4) is 0 Å². The summed E-state index contributed by atoms with van der Waals surface area (Å²) in [6.45, 7) is 4.08. The highest BCUT2D eigenvalue weighted by molar-refractivity contribution is 7.05. The van der Waals surface area contributed by atoms with Crippen LogP contribution in [0, 0.1) is 6.92 Å². The molecule has 4 heteroatoms. The van der Waals surface area contributed by atoms with E-state index < -0.39 is 0 Å². The Morgan fingerprint density at radius 1 is 1.60 bits per heavy atom. The van der Waals surface area contributed by atoms with Crippen LogP contribution >= 0.6 is 11.5 Å². The molecule has 1 heterocycles. The molecule has 0 saturated carbocycles. The van der Waals surface area contributed by atoms with Gasteiger partial charge in [0.2, 0.25) is 0 Å². The molecule has 3 nitrogen and oxygen atoms in total. The summed E-state index contributed by atoms with van der Waals surface area (Å²) in [7, 11) is 1.93. The second kappa shape index (κ2) is 3.07. The van der Waals surface area contributed by atoms with Gasteiger partial charge in [0, 0.05) is 6.04 Å². The van der Waals surface area contributed by atoms with Crippen molar-refractivity contribution in [3.8, 4) is 0 Å². The van der Waals surface area contributed by atoms with Crippen LogP contribution in [-0.4, -0.2) is 16.6 Å². The molecular formula is C6H11N3S. The first kappa shape index (κ1) is 7.63. The Morgan fingerprint density at radius 2 is 2.30 bits per heavy atom. The molecule has 0 aliphatic rings. The van der Waals surface area contributed by atoms with Gasteiger partial charge in [-0.15, -0.1) is 5.10 Å². The predicted octanol–water partition coefficient (Wildman–Crippen LogP) is 1.13. The van der Waals surface area contributed by atoms with Gasteiger partial charge in [-0.2, -0.15) is 0 Å². The minimum absolute atomic E-state index is 0.375. The van der Waals surface area contributed by atoms with E-state index in [-0.39, 0.29) is 0 Å². The smallest absolute Gasteiger partial charge is 0.0772 e. The Balaban J connectivity index is 2.82. The predicted molar refractivity (Wildman–Crippen MR) is 42.1 cm³/mol. The highest BCUT2D eigenvalue weighted by Crippen LogP contribution is 2.17. The van der Waals surface area contributed by atoms with E-state index >= 15 is 0 Å². The molecule has 1 atom stereocenters. The van der Waals surface area contributed by atoms with Gasteiger partial charge >= 0.3 is 0 Å². The zero-order valence-corrected chi connectivity index (χ0v) is 7.20. The summed E-state index contributed by atoms with van der Waals surface area (Å²) in [6, 6.07) is 0.375. The monoisotopic (exact) mass is 157 g/mol. The Morgan fingerprint density at radius 3 is 2.70 bits per heavy atom. The van der Waals surface area contributed by atoms with Crippen molar-refractivity contribution in [3.05, 3.63) is 10.6 Å². The first-order chi connectivity index (χ1) is 4.75. The van der Waals surface area contributed by atoms with E-state index in [0.717, 1.165) is 5.69 Å². The Hall–Kier alpha value is -0.480. The third-order valence-corrected chi connectivity index (χ3v) is 2.52. The Kier molecular flexibility index (Phi) is 2.34. The summed E-state index contributed by atoms with van der Waals surface area (Å²) >= 11 is 1.46. The van der Waals surface area contributed by atoms with Crippen molar-refractivity contribution in [1.29, 1.82) is 0 Å². The van der Waals surface area contributed by atoms with Crippen LogP contribution in [0.25, 0.3) is 0 Å². The maximum Gasteiger partial charge on any atom is 0.0772 e. The normalized spacial score (nSPS) is 13.5. The summed E-state index contributed by atoms with van der Waals surface area (Å²) in [4.78, 5) is 1.22. The molecule has 0 aliphatic carbocycles. The van der Waals surface area contributed by atoms with Gasteiger partial charge < -0.3 is 5.32 Å². The summed E-state index contributed by atoms with van der Waals surface area (Å²) in [6.07, 6.45) is 0. The van der Waals surface area contributed by atoms with Gasteiger partial charge in [-0.05, 0) is 32.4 Å². The average molecular weight is 157 g/mol. The van der Waals surface area contributed by atoms with E-state index in [4.69, 9.17) is 0 Å². The molecule has 0 bridgehead atoms. The van der Waals surface area contributed by atoms with Crippen LogP contribution in [0.15, 0.2) is 0 Å². The molecule has 1 rings (SSSR count). The van der Waals surface area contributed by atoms with Crippen LogP contribution < -0.4 is 5.32 Å². The maximum absolute atomic E-state index is 3.91. The van der Waals surface area contributed by atoms with Crippen molar-refractivity contribution in [3.63, 3.8) is 0 Å². The number of hydrogen-bond donors (Lipinski definition) is 1. The highest BCUT2D eigenvalue weighted by atomic mass is 32.1. The number of nitrogens with zero attached hydrogens (tertiary/aromatic N) is 2. The van der Waals surface area contributed by atoms with Crippen molar-refractivity contribution in [2.75, 3.05) is 7.05 Å². The lowest BCUT2D eigenvalue weighted by Gasteiger charge is -2.05. The number of nitrogens with one attached hydrogen (secondary N) is 1. The maximum atomic E-state index is 3.91. The average Bonchev–Trinajstić information content (AvgIpc) is 2.34. The summed E-state index contributed by atoms with van der Waals surface area (Å²) in [5, 5.41) is 7.05. The molecular weight excluding hydrogens is 146 g/mol. The molecule has 0 fully saturated rings. The molecule has 0 amide bonds. The van der Waals surface area contributed by atoms with Gasteiger partial charge in [0.05, 0.1) is 10.6 Å². The van der Waals surface area contributed by atoms with Crippen LogP contribution in [0.5, 0.6) is 0 Å². The van der Waals surface area contributed by atoms with Crippen molar-refractivity contribution < 1.29 is 0 Å². The lowest BCUT2D eigenvalue weighted by atomic mass is 10.2. The first-order valence-electron chi connectivity index (χ1n) is 3.22. The minimum atomic E-state index is 0.375. The molecule has 56 valence electrons. The third-order valence-electron chi connectivity index (χ3n) is 1.51. The van der Waals surface area contributed by atoms with Gasteiger partial charge in [-0.3, -0.25) is 0 Å². The summed E-state index contributed by atoms with van der Waals surface area (Å²) < 4.78 is 3.84. The van der Waals surface area contributed by atoms with E-state index in [2.05, 4.69) is 21.8 Å². The van der Waals surface area contributed by atoms with E-state index in [9.17, 15) is 0 Å². The number of aromatic nitrogens is 2. The Bertz CT molecular complexity index is 209. The van der Waals surface area contributed by atoms with E-state index in [1.165, 1.54) is 16.4 Å². The number of hydrogen-bond acceptors (Lipinski definition) is 4. The second-order valence-corrected chi connectivity index (χ2v) is 3.02. The van der Waals surface area contributed by atoms with E-state index in [1.807, 2.05) is 14.0 Å². The lowest BCUT2D eigenvalue weighted by Crippen LogP contribution is -2.11. The van der Waals surface area contributed by atoms with Crippen LogP contribution in [0.2, 0.25) is 0 Å². The SMILES string of the molecule is CNC(C)c1snnc1C. The topological polar surface area (TPSA) is 37.8 Å². The van der Waals surface area contributed by atoms with E-state index in [1.54, 1.807) is 0 Å². The molecule has 10 heavy (non-hydrogen) atoms. The molecule has 1 N–H and O–H groups in total. The van der Waals surface area contributed by atoms with Crippen LogP contribution in [0.1, 0.15) is 23.5 Å². The van der Waals surface area contributed by atoms with Gasteiger partial charge in [0.25, 0.3) is 0 Å². The summed E-state index contributed by atoms with van der Waals surface area (Å²) in [5.41, 5.74) is 1.03. The molecule has 0 radical (unpaired) electrons. The van der Waals surface area contributed by atoms with Gasteiger partial charge in [-0.25, -0.2) is 0 Å². The quantitative estimate of drug-likeness (QED) is 0.699. The molecule has 0 aliphatic heterocycles. The standard InChI is InChI=1S/C6H11N3S/c1-4(7-3)6-5(2)8-9-10-6/h4,7H,1-3H3. The fourth-order valence-corrected chi connectivity index (χ4v) is 1.46. The van der Waals surface area contributed by atoms with E-state index in [0.29, 0.717) is 6.04 Å². The van der Waals surface area contributed by atoms with Crippen LogP contribution in [0.4, 0.5) is 0 Å². The molecule has 0 saturated heterocycles. The van der Waals surface area contributed by atoms with Gasteiger partial charge in [0.15, 0.2) is 0 Å². The fourth-order valence-electron chi connectivity index (χ4n) is 0.764. The zero-order chi connectivity index (χ0) is 7.56. The number of aryl methyl sites for hydroxylation is 1. The summed E-state index contributed by atoms with van der Waals surface area (Å²) in [5.74, 6) is 0. The zero-order valence-electron chi connectivity index (χ0n) is 6.38. The molecule has 1 aromatic heterocycles. The lowest BCUT2D eigenvalue weighted by molar-refractivity contribution is 0.658. The molecule has 0 spiro atoms. The first-order valence-corrected chi connectivity index (χ1v) is 3.99. The van der Waals surface area contributed by atoms with Crippen molar-refractivity contribution in [1.82, 2.24) is 14.9 Å². The fraction of sp³-hybridized carbons (Fsp3) is 0.667. The van der Waals surface area contributed by atoms with Crippen molar-refractivity contribution >= 4 is 11.5 Å². The second-order valence-electron chi connectivity index (χ2n) is 2.23. The van der Waals surface area contributed by atoms with Gasteiger partial charge in [0.1, 0.15) is 0 Å². The Labute approximate surface area is 64.6 Å². The molecule has 0 aromatic carbocycles. The number of rotatable bonds is 2. The van der Waals surface area contributed by atoms with Crippen molar-refractivity contribution in [2.45, 2.75) is 19.9 Å².